The van der Waals surface area contributed by atoms with Gasteiger partial charge in [-0.2, -0.15) is 0 Å². The number of nitro groups is 1. The Kier molecular flexibility index (Phi) is 4.69. The Hall–Kier alpha value is -2.22. The molecule has 0 spiro atoms. The molecule has 112 valence electrons. The molecule has 1 aromatic heterocycles. The molecule has 2 aromatic rings. The highest BCUT2D eigenvalue weighted by molar-refractivity contribution is 7.16. The summed E-state index contributed by atoms with van der Waals surface area (Å²) in [6.07, 6.45) is 0. The molecule has 0 fully saturated rings. The summed E-state index contributed by atoms with van der Waals surface area (Å²) in [4.78, 5) is 28.3. The number of thiazole rings is 1. The molecule has 21 heavy (non-hydrogen) atoms. The number of anilines is 1. The van der Waals surface area contributed by atoms with Crippen LogP contribution >= 0.6 is 11.3 Å². The van der Waals surface area contributed by atoms with Gasteiger partial charge in [-0.25, -0.2) is 4.98 Å². The molecule has 0 aliphatic carbocycles. The van der Waals surface area contributed by atoms with Crippen molar-refractivity contribution in [1.29, 1.82) is 0 Å². The van der Waals surface area contributed by atoms with Crippen LogP contribution < -0.4 is 4.90 Å². The Morgan fingerprint density at radius 3 is 2.86 bits per heavy atom. The van der Waals surface area contributed by atoms with Crippen LogP contribution in [0.1, 0.15) is 13.8 Å². The van der Waals surface area contributed by atoms with Crippen LogP contribution in [0.15, 0.2) is 17.6 Å². The van der Waals surface area contributed by atoms with Gasteiger partial charge in [0.25, 0.3) is 0 Å². The Morgan fingerprint density at radius 1 is 1.48 bits per heavy atom. The Balaban J connectivity index is 2.45. The van der Waals surface area contributed by atoms with Gasteiger partial charge in [-0.1, -0.05) is 0 Å². The zero-order valence-corrected chi connectivity index (χ0v) is 12.6. The molecule has 8 heteroatoms. The molecule has 2 rings (SSSR count). The summed E-state index contributed by atoms with van der Waals surface area (Å²) in [6.45, 7) is 4.26. The van der Waals surface area contributed by atoms with Gasteiger partial charge in [-0.3, -0.25) is 14.9 Å². The van der Waals surface area contributed by atoms with E-state index in [1.165, 1.54) is 11.3 Å². The molecule has 0 unspecified atom stereocenters. The van der Waals surface area contributed by atoms with Gasteiger partial charge in [0.2, 0.25) is 0 Å². The van der Waals surface area contributed by atoms with Crippen LogP contribution in [0.2, 0.25) is 0 Å². The Morgan fingerprint density at radius 2 is 2.24 bits per heavy atom. The minimum Gasteiger partial charge on any atom is -0.465 e. The molecule has 1 heterocycles. The van der Waals surface area contributed by atoms with Crippen molar-refractivity contribution in [2.24, 2.45) is 0 Å². The van der Waals surface area contributed by atoms with Gasteiger partial charge in [0, 0.05) is 6.54 Å². The van der Waals surface area contributed by atoms with Gasteiger partial charge in [0.15, 0.2) is 5.52 Å². The number of fused-ring (bicyclic) bond motifs is 1. The van der Waals surface area contributed by atoms with Crippen molar-refractivity contribution in [2.45, 2.75) is 13.8 Å². The number of likely N-dealkylation sites (N-methyl/N-ethyl adjacent to an activating group) is 1. The summed E-state index contributed by atoms with van der Waals surface area (Å²) in [5.74, 6) is -0.410. The second kappa shape index (κ2) is 6.49. The average Bonchev–Trinajstić information content (AvgIpc) is 2.92. The summed E-state index contributed by atoms with van der Waals surface area (Å²) >= 11 is 1.34. The number of esters is 1. The highest BCUT2D eigenvalue weighted by Crippen LogP contribution is 2.36. The van der Waals surface area contributed by atoms with E-state index in [1.54, 1.807) is 29.5 Å². The number of nitro benzene ring substituents is 1. The maximum Gasteiger partial charge on any atom is 0.325 e. The van der Waals surface area contributed by atoms with Crippen molar-refractivity contribution < 1.29 is 14.5 Å². The van der Waals surface area contributed by atoms with Crippen molar-refractivity contribution in [2.75, 3.05) is 24.6 Å². The minimum atomic E-state index is -0.453. The van der Waals surface area contributed by atoms with E-state index in [1.807, 2.05) is 6.92 Å². The number of carbonyl (C=O) groups excluding carboxylic acids is 1. The third-order valence-corrected chi connectivity index (χ3v) is 3.78. The number of ether oxygens (including phenoxy) is 1. The van der Waals surface area contributed by atoms with Crippen LogP contribution in [-0.4, -0.2) is 35.6 Å². The normalized spacial score (nSPS) is 10.6. The van der Waals surface area contributed by atoms with E-state index in [2.05, 4.69) is 4.98 Å². The predicted molar refractivity (Wildman–Crippen MR) is 80.8 cm³/mol. The summed E-state index contributed by atoms with van der Waals surface area (Å²) < 4.78 is 5.65. The number of hydrogen-bond donors (Lipinski definition) is 0. The van der Waals surface area contributed by atoms with Crippen LogP contribution in [0, 0.1) is 10.1 Å². The summed E-state index contributed by atoms with van der Waals surface area (Å²) in [6, 6.07) is 3.44. The number of aromatic nitrogens is 1. The highest BCUT2D eigenvalue weighted by Gasteiger charge is 2.25. The fraction of sp³-hybridized carbons (Fsp3) is 0.385. The van der Waals surface area contributed by atoms with E-state index in [4.69, 9.17) is 4.74 Å². The van der Waals surface area contributed by atoms with Gasteiger partial charge in [-0.05, 0) is 26.0 Å². The van der Waals surface area contributed by atoms with Gasteiger partial charge in [-0.15, -0.1) is 11.3 Å². The molecule has 0 aliphatic heterocycles. The quantitative estimate of drug-likeness (QED) is 0.463. The molecular weight excluding hydrogens is 294 g/mol. The van der Waals surface area contributed by atoms with Crippen molar-refractivity contribution >= 4 is 38.9 Å². The number of carbonyl (C=O) groups is 1. The lowest BCUT2D eigenvalue weighted by Crippen LogP contribution is -2.31. The number of rotatable bonds is 6. The van der Waals surface area contributed by atoms with Gasteiger partial charge in [0.05, 0.1) is 21.7 Å². The molecule has 0 saturated heterocycles. The first kappa shape index (κ1) is 15.2. The number of nitrogens with zero attached hydrogens (tertiary/aromatic N) is 3. The molecule has 0 amide bonds. The van der Waals surface area contributed by atoms with E-state index in [0.717, 1.165) is 4.70 Å². The first-order chi connectivity index (χ1) is 10.1. The van der Waals surface area contributed by atoms with Crippen molar-refractivity contribution in [3.05, 3.63) is 27.8 Å². The second-order valence-electron chi connectivity index (χ2n) is 4.21. The Labute approximate surface area is 125 Å². The smallest absolute Gasteiger partial charge is 0.325 e. The second-order valence-corrected chi connectivity index (χ2v) is 5.10. The first-order valence-corrected chi connectivity index (χ1v) is 7.37. The average molecular weight is 309 g/mol. The SMILES string of the molecule is CCOC(=O)CN(CC)c1ccc2scnc2c1[N+](=O)[O-]. The highest BCUT2D eigenvalue weighted by atomic mass is 32.1. The monoisotopic (exact) mass is 309 g/mol. The Bertz CT molecular complexity index is 670. The van der Waals surface area contributed by atoms with E-state index >= 15 is 0 Å². The van der Waals surface area contributed by atoms with E-state index in [-0.39, 0.29) is 18.8 Å². The van der Waals surface area contributed by atoms with Crippen molar-refractivity contribution in [1.82, 2.24) is 4.98 Å². The van der Waals surface area contributed by atoms with Crippen LogP contribution in [0.4, 0.5) is 11.4 Å². The van der Waals surface area contributed by atoms with Crippen LogP contribution in [0.3, 0.4) is 0 Å². The van der Waals surface area contributed by atoms with E-state index in [9.17, 15) is 14.9 Å². The summed E-state index contributed by atoms with van der Waals surface area (Å²) in [7, 11) is 0. The third-order valence-electron chi connectivity index (χ3n) is 2.98. The topological polar surface area (TPSA) is 85.6 Å². The molecule has 0 bridgehead atoms. The molecule has 7 nitrogen and oxygen atoms in total. The number of hydrogen-bond acceptors (Lipinski definition) is 7. The van der Waals surface area contributed by atoms with E-state index < -0.39 is 10.9 Å². The molecule has 0 saturated carbocycles. The lowest BCUT2D eigenvalue weighted by molar-refractivity contribution is -0.382. The fourth-order valence-electron chi connectivity index (χ4n) is 2.07. The standard InChI is InChI=1S/C13H15N3O4S/c1-3-15(7-11(17)20-4-2)9-5-6-10-12(14-8-21-10)13(9)16(18)19/h5-6,8H,3-4,7H2,1-2H3. The lowest BCUT2D eigenvalue weighted by atomic mass is 10.2. The first-order valence-electron chi connectivity index (χ1n) is 6.49. The van der Waals surface area contributed by atoms with Crippen molar-refractivity contribution in [3.8, 4) is 0 Å². The largest absolute Gasteiger partial charge is 0.465 e. The minimum absolute atomic E-state index is 0.0270. The molecule has 0 N–H and O–H groups in total. The fourth-order valence-corrected chi connectivity index (χ4v) is 2.75. The molecular formula is C13H15N3O4S. The summed E-state index contributed by atoms with van der Waals surface area (Å²) in [5, 5.41) is 11.4. The third kappa shape index (κ3) is 3.10. The van der Waals surface area contributed by atoms with Crippen LogP contribution in [0.5, 0.6) is 0 Å². The maximum absolute atomic E-state index is 11.6. The molecule has 1 aromatic carbocycles. The van der Waals surface area contributed by atoms with Gasteiger partial charge >= 0.3 is 11.7 Å². The maximum atomic E-state index is 11.6. The van der Waals surface area contributed by atoms with Crippen LogP contribution in [-0.2, 0) is 9.53 Å². The zero-order valence-electron chi connectivity index (χ0n) is 11.7. The molecule has 0 radical (unpaired) electrons. The molecule has 0 atom stereocenters. The van der Waals surface area contributed by atoms with Crippen LogP contribution in [0.25, 0.3) is 10.2 Å². The van der Waals surface area contributed by atoms with Gasteiger partial charge in [0.1, 0.15) is 12.2 Å². The molecule has 0 aliphatic rings. The lowest BCUT2D eigenvalue weighted by Gasteiger charge is -2.21. The summed E-state index contributed by atoms with van der Waals surface area (Å²) in [5.41, 5.74) is 2.24. The van der Waals surface area contributed by atoms with Crippen molar-refractivity contribution in [3.63, 3.8) is 0 Å². The van der Waals surface area contributed by atoms with E-state index in [0.29, 0.717) is 17.7 Å². The number of benzene rings is 1. The zero-order chi connectivity index (χ0) is 15.4. The predicted octanol–water partition coefficient (Wildman–Crippen LogP) is 2.59. The van der Waals surface area contributed by atoms with Gasteiger partial charge < -0.3 is 9.64 Å².